The van der Waals surface area contributed by atoms with Crippen molar-refractivity contribution in [2.75, 3.05) is 0 Å². The van der Waals surface area contributed by atoms with Crippen molar-refractivity contribution in [2.45, 2.75) is 52.7 Å². The standard InChI is InChI=1S/C9H20O2/c1-5-9(6-2,7(3)10)8(4)11/h7-8,10-11H,5-6H2,1-4H3/t7-,8+. The first-order chi connectivity index (χ1) is 5.01. The largest absolute Gasteiger partial charge is 0.393 e. The van der Waals surface area contributed by atoms with E-state index < -0.39 is 12.2 Å². The summed E-state index contributed by atoms with van der Waals surface area (Å²) in [6, 6.07) is 0. The molecule has 0 aromatic heterocycles. The van der Waals surface area contributed by atoms with Crippen molar-refractivity contribution in [2.24, 2.45) is 5.41 Å². The minimum atomic E-state index is -0.433. The molecule has 2 heteroatoms. The molecule has 0 saturated carbocycles. The second-order valence-corrected chi connectivity index (χ2v) is 3.29. The van der Waals surface area contributed by atoms with Crippen molar-refractivity contribution >= 4 is 0 Å². The molecule has 0 heterocycles. The molecule has 2 atom stereocenters. The molecule has 0 spiro atoms. The van der Waals surface area contributed by atoms with E-state index in [1.165, 1.54) is 0 Å². The van der Waals surface area contributed by atoms with Crippen LogP contribution in [-0.2, 0) is 0 Å². The molecule has 0 aliphatic heterocycles. The van der Waals surface area contributed by atoms with E-state index in [9.17, 15) is 10.2 Å². The smallest absolute Gasteiger partial charge is 0.0592 e. The van der Waals surface area contributed by atoms with Crippen molar-refractivity contribution < 1.29 is 10.2 Å². The highest BCUT2D eigenvalue weighted by Gasteiger charge is 2.36. The fourth-order valence-corrected chi connectivity index (χ4v) is 1.78. The molecule has 0 aliphatic rings. The van der Waals surface area contributed by atoms with Crippen LogP contribution in [0, 0.1) is 5.41 Å². The molecule has 0 amide bonds. The summed E-state index contributed by atoms with van der Waals surface area (Å²) >= 11 is 0. The molecule has 0 aliphatic carbocycles. The van der Waals surface area contributed by atoms with Crippen LogP contribution < -0.4 is 0 Å². The normalized spacial score (nSPS) is 18.0. The van der Waals surface area contributed by atoms with Crippen molar-refractivity contribution in [3.63, 3.8) is 0 Å². The molecule has 68 valence electrons. The molecular weight excluding hydrogens is 140 g/mol. The van der Waals surface area contributed by atoms with E-state index in [-0.39, 0.29) is 5.41 Å². The van der Waals surface area contributed by atoms with Crippen LogP contribution in [-0.4, -0.2) is 22.4 Å². The van der Waals surface area contributed by atoms with Gasteiger partial charge in [0.05, 0.1) is 12.2 Å². The summed E-state index contributed by atoms with van der Waals surface area (Å²) in [5.74, 6) is 0. The summed E-state index contributed by atoms with van der Waals surface area (Å²) in [6.45, 7) is 7.51. The molecule has 0 aromatic rings. The van der Waals surface area contributed by atoms with Crippen LogP contribution in [0.2, 0.25) is 0 Å². The van der Waals surface area contributed by atoms with Gasteiger partial charge in [-0.3, -0.25) is 0 Å². The highest BCUT2D eigenvalue weighted by molar-refractivity contribution is 4.86. The maximum Gasteiger partial charge on any atom is 0.0592 e. The third-order valence-electron chi connectivity index (χ3n) is 2.98. The maximum atomic E-state index is 9.47. The molecular formula is C9H20O2. The lowest BCUT2D eigenvalue weighted by atomic mass is 9.73. The van der Waals surface area contributed by atoms with Gasteiger partial charge in [-0.1, -0.05) is 13.8 Å². The van der Waals surface area contributed by atoms with Gasteiger partial charge in [-0.15, -0.1) is 0 Å². The summed E-state index contributed by atoms with van der Waals surface area (Å²) < 4.78 is 0. The zero-order chi connectivity index (χ0) is 9.07. The van der Waals surface area contributed by atoms with Crippen molar-refractivity contribution in [3.05, 3.63) is 0 Å². The molecule has 11 heavy (non-hydrogen) atoms. The predicted molar refractivity (Wildman–Crippen MR) is 46.4 cm³/mol. The number of hydrogen-bond donors (Lipinski definition) is 2. The van der Waals surface area contributed by atoms with Crippen molar-refractivity contribution in [1.29, 1.82) is 0 Å². The van der Waals surface area contributed by atoms with Gasteiger partial charge in [-0.2, -0.15) is 0 Å². The van der Waals surface area contributed by atoms with Crippen LogP contribution in [0.15, 0.2) is 0 Å². The van der Waals surface area contributed by atoms with E-state index in [0.717, 1.165) is 12.8 Å². The molecule has 0 fully saturated rings. The summed E-state index contributed by atoms with van der Waals surface area (Å²) in [5.41, 5.74) is -0.306. The highest BCUT2D eigenvalue weighted by atomic mass is 16.3. The molecule has 0 aromatic carbocycles. The Morgan fingerprint density at radius 2 is 1.27 bits per heavy atom. The molecule has 0 bridgehead atoms. The van der Waals surface area contributed by atoms with E-state index in [2.05, 4.69) is 0 Å². The Bertz CT molecular complexity index is 94.1. The number of aliphatic hydroxyl groups excluding tert-OH is 2. The number of rotatable bonds is 4. The van der Waals surface area contributed by atoms with Crippen LogP contribution in [0.25, 0.3) is 0 Å². The van der Waals surface area contributed by atoms with Gasteiger partial charge in [0.1, 0.15) is 0 Å². The van der Waals surface area contributed by atoms with Crippen LogP contribution >= 0.6 is 0 Å². The summed E-state index contributed by atoms with van der Waals surface area (Å²) in [6.07, 6.45) is 0.771. The van der Waals surface area contributed by atoms with Crippen LogP contribution in [0.4, 0.5) is 0 Å². The van der Waals surface area contributed by atoms with E-state index in [1.807, 2.05) is 13.8 Å². The minimum Gasteiger partial charge on any atom is -0.393 e. The van der Waals surface area contributed by atoms with Crippen LogP contribution in [0.5, 0.6) is 0 Å². The molecule has 2 nitrogen and oxygen atoms in total. The summed E-state index contributed by atoms with van der Waals surface area (Å²) in [7, 11) is 0. The lowest BCUT2D eigenvalue weighted by molar-refractivity contribution is -0.0593. The zero-order valence-electron chi connectivity index (χ0n) is 7.96. The van der Waals surface area contributed by atoms with E-state index in [0.29, 0.717) is 0 Å². The predicted octanol–water partition coefficient (Wildman–Crippen LogP) is 1.55. The fourth-order valence-electron chi connectivity index (χ4n) is 1.78. The minimum absolute atomic E-state index is 0.306. The first-order valence-electron chi connectivity index (χ1n) is 4.37. The topological polar surface area (TPSA) is 40.5 Å². The molecule has 2 N–H and O–H groups in total. The Morgan fingerprint density at radius 1 is 1.00 bits per heavy atom. The van der Waals surface area contributed by atoms with Gasteiger partial charge in [0.15, 0.2) is 0 Å². The van der Waals surface area contributed by atoms with Gasteiger partial charge in [0, 0.05) is 5.41 Å². The number of aliphatic hydroxyl groups is 2. The van der Waals surface area contributed by atoms with Crippen LogP contribution in [0.1, 0.15) is 40.5 Å². The Hall–Kier alpha value is -0.0800. The zero-order valence-corrected chi connectivity index (χ0v) is 7.96. The van der Waals surface area contributed by atoms with Crippen molar-refractivity contribution in [3.8, 4) is 0 Å². The van der Waals surface area contributed by atoms with Gasteiger partial charge in [-0.25, -0.2) is 0 Å². The fraction of sp³-hybridized carbons (Fsp3) is 1.00. The van der Waals surface area contributed by atoms with Gasteiger partial charge >= 0.3 is 0 Å². The van der Waals surface area contributed by atoms with E-state index in [4.69, 9.17) is 0 Å². The molecule has 0 unspecified atom stereocenters. The Labute approximate surface area is 69.2 Å². The number of hydrogen-bond acceptors (Lipinski definition) is 2. The van der Waals surface area contributed by atoms with Gasteiger partial charge < -0.3 is 10.2 Å². The Balaban J connectivity index is 4.46. The highest BCUT2D eigenvalue weighted by Crippen LogP contribution is 2.34. The third kappa shape index (κ3) is 1.94. The van der Waals surface area contributed by atoms with Crippen LogP contribution in [0.3, 0.4) is 0 Å². The summed E-state index contributed by atoms with van der Waals surface area (Å²) in [5, 5.41) is 18.9. The monoisotopic (exact) mass is 160 g/mol. The Morgan fingerprint density at radius 3 is 1.27 bits per heavy atom. The van der Waals surface area contributed by atoms with Crippen molar-refractivity contribution in [1.82, 2.24) is 0 Å². The molecule has 0 radical (unpaired) electrons. The second-order valence-electron chi connectivity index (χ2n) is 3.29. The first kappa shape index (κ1) is 10.9. The van der Waals surface area contributed by atoms with Gasteiger partial charge in [0.2, 0.25) is 0 Å². The lowest BCUT2D eigenvalue weighted by Gasteiger charge is -2.37. The third-order valence-corrected chi connectivity index (χ3v) is 2.98. The van der Waals surface area contributed by atoms with E-state index in [1.54, 1.807) is 13.8 Å². The lowest BCUT2D eigenvalue weighted by Crippen LogP contribution is -2.41. The van der Waals surface area contributed by atoms with Gasteiger partial charge in [-0.05, 0) is 26.7 Å². The quantitative estimate of drug-likeness (QED) is 0.655. The molecule has 0 saturated heterocycles. The second kappa shape index (κ2) is 4.07. The molecule has 0 rings (SSSR count). The Kier molecular flexibility index (Phi) is 4.04. The average molecular weight is 160 g/mol. The SMILES string of the molecule is CCC(CC)([C@H](C)O)[C@@H](C)O. The van der Waals surface area contributed by atoms with Gasteiger partial charge in [0.25, 0.3) is 0 Å². The summed E-state index contributed by atoms with van der Waals surface area (Å²) in [4.78, 5) is 0. The first-order valence-corrected chi connectivity index (χ1v) is 4.37. The van der Waals surface area contributed by atoms with E-state index >= 15 is 0 Å². The maximum absolute atomic E-state index is 9.47. The average Bonchev–Trinajstić information content (AvgIpc) is 1.90.